The topological polar surface area (TPSA) is 204 Å². The first-order valence-electron chi connectivity index (χ1n) is 17.8. The summed E-state index contributed by atoms with van der Waals surface area (Å²) in [4.78, 5) is 38.8. The second kappa shape index (κ2) is 21.1. The van der Waals surface area contributed by atoms with Crippen molar-refractivity contribution in [3.05, 3.63) is 72.1 Å². The lowest BCUT2D eigenvalue weighted by molar-refractivity contribution is -0.139. The summed E-state index contributed by atoms with van der Waals surface area (Å²) in [5, 5.41) is 22.5. The molecule has 15 nitrogen and oxygen atoms in total. The fourth-order valence-electron chi connectivity index (χ4n) is 4.28. The minimum atomic E-state index is -1.58. The predicted molar refractivity (Wildman–Crippen MR) is 232 cm³/mol. The maximum absolute atomic E-state index is 12.5. The zero-order valence-electron chi connectivity index (χ0n) is 33.7. The van der Waals surface area contributed by atoms with Crippen LogP contribution in [-0.4, -0.2) is 84.5 Å². The Balaban J connectivity index is 0.000000338. The molecule has 0 bridgehead atoms. The normalized spacial score (nSPS) is 15.0. The highest BCUT2D eigenvalue weighted by Gasteiger charge is 2.28. The Morgan fingerprint density at radius 2 is 1.14 bits per heavy atom. The minimum Gasteiger partial charge on any atom is -0.463 e. The van der Waals surface area contributed by atoms with Gasteiger partial charge in [-0.1, -0.05) is 48.5 Å². The molecule has 2 aliphatic carbocycles. The largest absolute Gasteiger partial charge is 0.463 e. The van der Waals surface area contributed by atoms with Crippen molar-refractivity contribution in [2.75, 3.05) is 7.11 Å². The van der Waals surface area contributed by atoms with E-state index in [0.717, 1.165) is 48.2 Å². The lowest BCUT2D eigenvalue weighted by Gasteiger charge is -2.16. The first kappa shape index (κ1) is 49.1. The van der Waals surface area contributed by atoms with Gasteiger partial charge in [0.2, 0.25) is 0 Å². The van der Waals surface area contributed by atoms with E-state index in [4.69, 9.17) is 9.88 Å². The average molecular weight is 863 g/mol. The molecule has 6 rings (SSSR count). The first-order valence-corrected chi connectivity index (χ1v) is 20.2. The van der Waals surface area contributed by atoms with Crippen LogP contribution in [0.15, 0.2) is 65.3 Å². The van der Waals surface area contributed by atoms with E-state index in [0.29, 0.717) is 23.2 Å². The summed E-state index contributed by atoms with van der Waals surface area (Å²) >= 11 is 0. The van der Waals surface area contributed by atoms with Crippen LogP contribution >= 0.6 is 27.0 Å². The van der Waals surface area contributed by atoms with Gasteiger partial charge in [0.25, 0.3) is 5.78 Å². The van der Waals surface area contributed by atoms with E-state index in [-0.39, 0.29) is 43.6 Å². The molecule has 57 heavy (non-hydrogen) atoms. The molecule has 2 aliphatic rings. The molecule has 4 aromatic rings. The molecular formula is C38H54N8O7S4. The summed E-state index contributed by atoms with van der Waals surface area (Å²) in [5.41, 5.74) is 4.21. The quantitative estimate of drug-likeness (QED) is 0.0880. The molecule has 2 aromatic carbocycles. The number of nitrogens with two attached hydrogens (primary N) is 1. The lowest BCUT2D eigenvalue weighted by atomic mass is 10.1. The van der Waals surface area contributed by atoms with Crippen LogP contribution in [0.2, 0.25) is 0 Å². The number of methoxy groups -OCH3 is 1. The molecular weight excluding hydrogens is 809 g/mol. The second-order valence-electron chi connectivity index (χ2n) is 15.2. The van der Waals surface area contributed by atoms with Crippen molar-refractivity contribution in [3.63, 3.8) is 0 Å². The number of carbonyl (C=O) groups is 3. The Morgan fingerprint density at radius 1 is 0.737 bits per heavy atom. The van der Waals surface area contributed by atoms with Gasteiger partial charge in [0.1, 0.15) is 22.4 Å². The third kappa shape index (κ3) is 14.7. The van der Waals surface area contributed by atoms with Crippen LogP contribution < -0.4 is 5.14 Å². The molecule has 0 unspecified atom stereocenters. The monoisotopic (exact) mass is 862 g/mol. The summed E-state index contributed by atoms with van der Waals surface area (Å²) in [6, 6.07) is 14.8. The molecule has 0 spiro atoms. The Kier molecular flexibility index (Phi) is 18.2. The predicted octanol–water partition coefficient (Wildman–Crippen LogP) is 5.75. The highest BCUT2D eigenvalue weighted by atomic mass is 32.2. The maximum atomic E-state index is 12.5. The number of ether oxygens (including phenoxy) is 2. The van der Waals surface area contributed by atoms with Crippen LogP contribution in [-0.2, 0) is 41.0 Å². The maximum Gasteiger partial charge on any atom is 0.379 e. The third-order valence-corrected chi connectivity index (χ3v) is 10.5. The average Bonchev–Trinajstić information content (AvgIpc) is 4.07. The zero-order chi connectivity index (χ0) is 40.7. The fraction of sp³-hybridized carbons (Fsp3) is 0.474. The number of rotatable bonds is 10. The van der Waals surface area contributed by atoms with Gasteiger partial charge in [-0.15, -0.1) is 0 Å². The van der Waals surface area contributed by atoms with Gasteiger partial charge in [0.05, 0.1) is 58.2 Å². The Labute approximate surface area is 353 Å². The molecule has 0 amide bonds. The number of carbonyl (C=O) groups excluding carboxylic acids is 3. The van der Waals surface area contributed by atoms with Gasteiger partial charge < -0.3 is 9.47 Å². The third-order valence-electron chi connectivity index (χ3n) is 7.87. The van der Waals surface area contributed by atoms with Crippen molar-refractivity contribution in [3.8, 4) is 22.5 Å². The molecule has 2 N–H and O–H groups in total. The fourth-order valence-corrected chi connectivity index (χ4v) is 4.90. The SMILES string of the molecule is CC(C)(C)[S@@](N)=O.CC(C)OC(=O)C(=N[S@@](=O)C(C)(C)C)c1ccc(-c2cnn(C3CC3)n2)cc1.COC(=O)C(=O)c1ccc(-c2cnn(C3CC3)n2)cc1.S.S. The van der Waals surface area contributed by atoms with E-state index < -0.39 is 44.4 Å². The van der Waals surface area contributed by atoms with Crippen molar-refractivity contribution in [2.45, 2.75) is 109 Å². The zero-order valence-corrected chi connectivity index (χ0v) is 37.3. The first-order chi connectivity index (χ1) is 25.8. The van der Waals surface area contributed by atoms with Gasteiger partial charge in [-0.25, -0.2) is 18.0 Å². The van der Waals surface area contributed by atoms with Crippen molar-refractivity contribution in [2.24, 2.45) is 9.54 Å². The number of hydrogen-bond donors (Lipinski definition) is 1. The van der Waals surface area contributed by atoms with Crippen LogP contribution in [0.5, 0.6) is 0 Å². The number of esters is 2. The summed E-state index contributed by atoms with van der Waals surface area (Å²) in [6.45, 7) is 14.5. The lowest BCUT2D eigenvalue weighted by Crippen LogP contribution is -2.27. The van der Waals surface area contributed by atoms with E-state index in [1.807, 2.05) is 53.7 Å². The molecule has 19 heteroatoms. The highest BCUT2D eigenvalue weighted by molar-refractivity contribution is 7.85. The Hall–Kier alpha value is -4.04. The van der Waals surface area contributed by atoms with E-state index >= 15 is 0 Å². The van der Waals surface area contributed by atoms with Gasteiger partial charge in [-0.2, -0.15) is 61.4 Å². The molecule has 2 aromatic heterocycles. The minimum absolute atomic E-state index is 0. The van der Waals surface area contributed by atoms with Crippen molar-refractivity contribution in [1.29, 1.82) is 0 Å². The van der Waals surface area contributed by atoms with Crippen LogP contribution in [0.25, 0.3) is 22.5 Å². The van der Waals surface area contributed by atoms with Gasteiger partial charge in [0, 0.05) is 22.3 Å². The second-order valence-corrected chi connectivity index (χ2v) is 18.9. The van der Waals surface area contributed by atoms with Crippen LogP contribution in [0, 0.1) is 0 Å². The number of nitrogens with zero attached hydrogens (tertiary/aromatic N) is 7. The molecule has 2 fully saturated rings. The van der Waals surface area contributed by atoms with E-state index in [1.165, 1.54) is 7.11 Å². The van der Waals surface area contributed by atoms with Crippen molar-refractivity contribution in [1.82, 2.24) is 30.0 Å². The number of aromatic nitrogens is 6. The van der Waals surface area contributed by atoms with Crippen LogP contribution in [0.3, 0.4) is 0 Å². The standard InChI is InChI=1S/C20H26N4O3S.C14H13N3O3.C4H11NOS.2H2S/c1-13(2)27-19(25)18(23-28(26)20(3,4)5)15-8-6-14(7-9-15)17-12-21-24(22-17)16-10-11-16;1-20-14(19)13(18)10-4-2-9(3-5-10)12-8-15-17(16-12)11-6-7-11;1-4(2,3)7(5)6;;/h6-9,12-13,16H,10-11H2,1-5H3;2-5,8,11H,6-7H2,1H3;5H2,1-3H3;2*1H2/t28-;;7-;;/m0.0../s1. The van der Waals surface area contributed by atoms with E-state index in [9.17, 15) is 22.8 Å². The van der Waals surface area contributed by atoms with Gasteiger partial charge in [0.15, 0.2) is 5.71 Å². The number of benzene rings is 2. The highest BCUT2D eigenvalue weighted by Crippen LogP contribution is 2.34. The van der Waals surface area contributed by atoms with E-state index in [2.05, 4.69) is 29.5 Å². The van der Waals surface area contributed by atoms with Crippen LogP contribution in [0.4, 0.5) is 0 Å². The van der Waals surface area contributed by atoms with Crippen LogP contribution in [0.1, 0.15) is 109 Å². The number of ketones is 1. The van der Waals surface area contributed by atoms with Crippen molar-refractivity contribution >= 4 is 72.4 Å². The molecule has 2 heterocycles. The smallest absolute Gasteiger partial charge is 0.379 e. The molecule has 0 aliphatic heterocycles. The molecule has 0 radical (unpaired) electrons. The summed E-state index contributed by atoms with van der Waals surface area (Å²) in [5.74, 6) is -2.10. The van der Waals surface area contributed by atoms with Gasteiger partial charge in [-0.05, 0) is 81.1 Å². The summed E-state index contributed by atoms with van der Waals surface area (Å²) in [6.07, 6.45) is 7.64. The molecule has 2 atom stereocenters. The van der Waals surface area contributed by atoms with Gasteiger partial charge >= 0.3 is 11.9 Å². The Bertz CT molecular complexity index is 2040. The summed E-state index contributed by atoms with van der Waals surface area (Å²) in [7, 11) is -1.58. The molecule has 2 saturated carbocycles. The van der Waals surface area contributed by atoms with Gasteiger partial charge in [-0.3, -0.25) is 9.93 Å². The van der Waals surface area contributed by atoms with E-state index in [1.54, 1.807) is 72.2 Å². The number of Topliss-reactive ketones (excluding diaryl/α,β-unsaturated/α-hetero) is 1. The molecule has 0 saturated heterocycles. The Morgan fingerprint density at radius 3 is 1.47 bits per heavy atom. The van der Waals surface area contributed by atoms with Crippen molar-refractivity contribution < 1.29 is 32.3 Å². The number of hydrogen-bond acceptors (Lipinski definition) is 11. The summed E-state index contributed by atoms with van der Waals surface area (Å²) < 4.78 is 35.9. The molecule has 312 valence electrons.